The summed E-state index contributed by atoms with van der Waals surface area (Å²) in [5.74, 6) is -0.104. The number of hydrogen-bond acceptors (Lipinski definition) is 6. The van der Waals surface area contributed by atoms with Gasteiger partial charge in [0.1, 0.15) is 0 Å². The third kappa shape index (κ3) is 5.16. The van der Waals surface area contributed by atoms with Crippen molar-refractivity contribution in [1.29, 1.82) is 0 Å². The van der Waals surface area contributed by atoms with Crippen LogP contribution >= 0.6 is 0 Å². The molecule has 1 amide bonds. The number of amides is 1. The Morgan fingerprint density at radius 1 is 1.15 bits per heavy atom. The highest BCUT2D eigenvalue weighted by atomic mass is 19.1. The van der Waals surface area contributed by atoms with Gasteiger partial charge in [0, 0.05) is 44.0 Å². The summed E-state index contributed by atoms with van der Waals surface area (Å²) in [4.78, 5) is 24.8. The number of fused-ring (bicyclic) bond motifs is 1. The van der Waals surface area contributed by atoms with Gasteiger partial charge in [-0.3, -0.25) is 9.69 Å². The monoisotopic (exact) mass is 450 g/mol. The van der Waals surface area contributed by atoms with Crippen LogP contribution in [0.1, 0.15) is 36.8 Å². The van der Waals surface area contributed by atoms with E-state index in [9.17, 15) is 9.18 Å². The number of nitrogens with one attached hydrogen (secondary N) is 2. The standard InChI is InChI=1S/C25H31FN6O/c1-2-23(33)32-11-3-4-20(16-32)28-24-22(26)15-27-25(30-24)29-19-6-5-17-9-12-31(21-7-8-21)13-10-18(17)14-19/h2,5-6,14-15,20-21H,1,3-4,7-13,16H2,(H2,27,28,29,30)/t20-/m1/s1. The first-order valence-corrected chi connectivity index (χ1v) is 11.9. The average molecular weight is 451 g/mol. The van der Waals surface area contributed by atoms with Gasteiger partial charge < -0.3 is 15.5 Å². The molecule has 0 unspecified atom stereocenters. The molecule has 7 nitrogen and oxygen atoms in total. The summed E-state index contributed by atoms with van der Waals surface area (Å²) >= 11 is 0. The summed E-state index contributed by atoms with van der Waals surface area (Å²) in [5.41, 5.74) is 3.67. The Morgan fingerprint density at radius 3 is 2.76 bits per heavy atom. The van der Waals surface area contributed by atoms with E-state index in [2.05, 4.69) is 44.2 Å². The molecule has 3 aliphatic rings. The molecular weight excluding hydrogens is 419 g/mol. The van der Waals surface area contributed by atoms with E-state index in [0.717, 1.165) is 50.5 Å². The van der Waals surface area contributed by atoms with Gasteiger partial charge in [0.25, 0.3) is 0 Å². The van der Waals surface area contributed by atoms with E-state index in [1.165, 1.54) is 36.2 Å². The minimum atomic E-state index is -0.505. The van der Waals surface area contributed by atoms with Gasteiger partial charge in [-0.15, -0.1) is 0 Å². The second-order valence-electron chi connectivity index (χ2n) is 9.24. The van der Waals surface area contributed by atoms with Crippen molar-refractivity contribution in [2.24, 2.45) is 0 Å². The maximum atomic E-state index is 14.4. The Hall–Kier alpha value is -3.00. The van der Waals surface area contributed by atoms with Crippen molar-refractivity contribution >= 4 is 23.4 Å². The normalized spacial score (nSPS) is 21.1. The van der Waals surface area contributed by atoms with Gasteiger partial charge in [0.05, 0.1) is 6.20 Å². The van der Waals surface area contributed by atoms with Gasteiger partial charge in [-0.2, -0.15) is 4.98 Å². The minimum absolute atomic E-state index is 0.0678. The van der Waals surface area contributed by atoms with E-state index in [1.54, 1.807) is 4.90 Å². The van der Waals surface area contributed by atoms with Crippen LogP contribution in [0.25, 0.3) is 0 Å². The third-order valence-corrected chi connectivity index (χ3v) is 6.86. The molecule has 1 aliphatic carbocycles. The molecule has 1 atom stereocenters. The minimum Gasteiger partial charge on any atom is -0.363 e. The van der Waals surface area contributed by atoms with Crippen molar-refractivity contribution in [3.8, 4) is 0 Å². The predicted molar refractivity (Wildman–Crippen MR) is 127 cm³/mol. The molecular formula is C25H31FN6O. The molecule has 2 fully saturated rings. The van der Waals surface area contributed by atoms with Crippen LogP contribution in [0.2, 0.25) is 0 Å². The van der Waals surface area contributed by atoms with E-state index in [4.69, 9.17) is 0 Å². The number of aromatic nitrogens is 2. The molecule has 5 rings (SSSR count). The number of carbonyl (C=O) groups is 1. The average Bonchev–Trinajstić information content (AvgIpc) is 3.68. The lowest BCUT2D eigenvalue weighted by atomic mass is 10.0. The molecule has 1 aromatic heterocycles. The number of carbonyl (C=O) groups excluding carboxylic acids is 1. The van der Waals surface area contributed by atoms with Gasteiger partial charge in [0.2, 0.25) is 11.9 Å². The number of anilines is 3. The Labute approximate surface area is 194 Å². The summed E-state index contributed by atoms with van der Waals surface area (Å²) in [6.07, 6.45) is 9.00. The molecule has 1 saturated heterocycles. The van der Waals surface area contributed by atoms with Gasteiger partial charge in [-0.25, -0.2) is 9.37 Å². The smallest absolute Gasteiger partial charge is 0.246 e. The Balaban J connectivity index is 1.26. The highest BCUT2D eigenvalue weighted by Crippen LogP contribution is 2.30. The zero-order chi connectivity index (χ0) is 22.8. The van der Waals surface area contributed by atoms with Crippen LogP contribution in [-0.4, -0.2) is 63.9 Å². The number of rotatable bonds is 6. The first-order valence-electron chi connectivity index (χ1n) is 11.9. The Kier molecular flexibility index (Phi) is 6.26. The maximum absolute atomic E-state index is 14.4. The second kappa shape index (κ2) is 9.47. The summed E-state index contributed by atoms with van der Waals surface area (Å²) < 4.78 is 14.4. The molecule has 0 bridgehead atoms. The number of likely N-dealkylation sites (tertiary alicyclic amines) is 1. The number of benzene rings is 1. The van der Waals surface area contributed by atoms with Crippen molar-refractivity contribution in [2.75, 3.05) is 36.8 Å². The van der Waals surface area contributed by atoms with Crippen LogP contribution in [0.15, 0.2) is 37.1 Å². The van der Waals surface area contributed by atoms with Crippen LogP contribution < -0.4 is 10.6 Å². The molecule has 2 aromatic rings. The number of piperidine rings is 1. The number of hydrogen-bond donors (Lipinski definition) is 2. The van der Waals surface area contributed by atoms with Crippen molar-refractivity contribution in [3.63, 3.8) is 0 Å². The van der Waals surface area contributed by atoms with Crippen molar-refractivity contribution in [2.45, 2.75) is 50.6 Å². The molecule has 1 saturated carbocycles. The van der Waals surface area contributed by atoms with E-state index in [0.29, 0.717) is 19.0 Å². The summed E-state index contributed by atoms with van der Waals surface area (Å²) in [7, 11) is 0. The van der Waals surface area contributed by atoms with Gasteiger partial charge in [0.15, 0.2) is 11.6 Å². The Morgan fingerprint density at radius 2 is 1.97 bits per heavy atom. The first-order chi connectivity index (χ1) is 16.1. The lowest BCUT2D eigenvalue weighted by molar-refractivity contribution is -0.127. The molecule has 2 N–H and O–H groups in total. The fourth-order valence-corrected chi connectivity index (χ4v) is 4.90. The van der Waals surface area contributed by atoms with Crippen molar-refractivity contribution < 1.29 is 9.18 Å². The maximum Gasteiger partial charge on any atom is 0.246 e. The van der Waals surface area contributed by atoms with Crippen LogP contribution in [-0.2, 0) is 17.6 Å². The predicted octanol–water partition coefficient (Wildman–Crippen LogP) is 3.51. The Bertz CT molecular complexity index is 1040. The van der Waals surface area contributed by atoms with E-state index in [-0.39, 0.29) is 17.8 Å². The highest BCUT2D eigenvalue weighted by Gasteiger charge is 2.29. The van der Waals surface area contributed by atoms with E-state index < -0.39 is 5.82 Å². The zero-order valence-corrected chi connectivity index (χ0v) is 18.9. The van der Waals surface area contributed by atoms with Crippen molar-refractivity contribution in [1.82, 2.24) is 19.8 Å². The quantitative estimate of drug-likeness (QED) is 0.657. The van der Waals surface area contributed by atoms with Gasteiger partial charge in [-0.1, -0.05) is 12.6 Å². The highest BCUT2D eigenvalue weighted by molar-refractivity contribution is 5.87. The molecule has 1 aromatic carbocycles. The molecule has 0 spiro atoms. The van der Waals surface area contributed by atoms with Crippen LogP contribution in [0, 0.1) is 5.82 Å². The number of nitrogens with zero attached hydrogens (tertiary/aromatic N) is 4. The largest absolute Gasteiger partial charge is 0.363 e. The fraction of sp³-hybridized carbons (Fsp3) is 0.480. The van der Waals surface area contributed by atoms with Crippen molar-refractivity contribution in [3.05, 3.63) is 54.0 Å². The van der Waals surface area contributed by atoms with Gasteiger partial charge >= 0.3 is 0 Å². The van der Waals surface area contributed by atoms with E-state index >= 15 is 0 Å². The number of halogens is 1. The summed E-state index contributed by atoms with van der Waals surface area (Å²) in [5, 5.41) is 6.41. The first kappa shape index (κ1) is 21.8. The van der Waals surface area contributed by atoms with Crippen LogP contribution in [0.5, 0.6) is 0 Å². The topological polar surface area (TPSA) is 73.4 Å². The molecule has 3 heterocycles. The van der Waals surface area contributed by atoms with E-state index in [1.807, 2.05) is 6.07 Å². The second-order valence-corrected chi connectivity index (χ2v) is 9.24. The fourth-order valence-electron chi connectivity index (χ4n) is 4.90. The van der Waals surface area contributed by atoms with Crippen LogP contribution in [0.4, 0.5) is 21.8 Å². The lowest BCUT2D eigenvalue weighted by Crippen LogP contribution is -2.44. The summed E-state index contributed by atoms with van der Waals surface area (Å²) in [6.45, 7) is 6.99. The van der Waals surface area contributed by atoms with Gasteiger partial charge in [-0.05, 0) is 67.9 Å². The molecule has 8 heteroatoms. The molecule has 2 aliphatic heterocycles. The molecule has 174 valence electrons. The summed E-state index contributed by atoms with van der Waals surface area (Å²) in [6, 6.07) is 7.13. The lowest BCUT2D eigenvalue weighted by Gasteiger charge is -2.32. The molecule has 0 radical (unpaired) electrons. The zero-order valence-electron chi connectivity index (χ0n) is 18.9. The SMILES string of the molecule is C=CC(=O)N1CCC[C@@H](Nc2nc(Nc3ccc4c(c3)CCN(C3CC3)CC4)ncc2F)C1. The van der Waals surface area contributed by atoms with Crippen LogP contribution in [0.3, 0.4) is 0 Å². The third-order valence-electron chi connectivity index (χ3n) is 6.86. The molecule has 33 heavy (non-hydrogen) atoms.